The lowest BCUT2D eigenvalue weighted by molar-refractivity contribution is -0.137. The number of carbonyl (C=O) groups is 2. The highest BCUT2D eigenvalue weighted by molar-refractivity contribution is 7.14. The molecule has 2 N–H and O–H groups in total. The van der Waals surface area contributed by atoms with Gasteiger partial charge in [0.05, 0.1) is 11.3 Å². The van der Waals surface area contributed by atoms with E-state index >= 15 is 0 Å². The Hall–Kier alpha value is -3.20. The predicted molar refractivity (Wildman–Crippen MR) is 125 cm³/mol. The molecule has 3 aromatic rings. The van der Waals surface area contributed by atoms with E-state index < -0.39 is 11.7 Å². The monoisotopic (exact) mass is 487 g/mol. The summed E-state index contributed by atoms with van der Waals surface area (Å²) in [6.45, 7) is 2.15. The van der Waals surface area contributed by atoms with Crippen LogP contribution in [0.1, 0.15) is 42.4 Å². The van der Waals surface area contributed by atoms with E-state index in [1.165, 1.54) is 36.0 Å². The highest BCUT2D eigenvalue weighted by Gasteiger charge is 2.44. The van der Waals surface area contributed by atoms with Gasteiger partial charge in [0, 0.05) is 30.3 Å². The summed E-state index contributed by atoms with van der Waals surface area (Å²) in [4.78, 5) is 28.0. The molecule has 2 aromatic carbocycles. The van der Waals surface area contributed by atoms with Gasteiger partial charge in [0.1, 0.15) is 0 Å². The summed E-state index contributed by atoms with van der Waals surface area (Å²) < 4.78 is 38.2. The molecule has 9 heteroatoms. The first-order valence-corrected chi connectivity index (χ1v) is 11.9. The van der Waals surface area contributed by atoms with Crippen LogP contribution in [-0.2, 0) is 22.2 Å². The van der Waals surface area contributed by atoms with Crippen molar-refractivity contribution in [3.63, 3.8) is 0 Å². The van der Waals surface area contributed by atoms with Crippen molar-refractivity contribution in [2.45, 2.75) is 38.3 Å². The average Bonchev–Trinajstić information content (AvgIpc) is 3.48. The average molecular weight is 488 g/mol. The fourth-order valence-electron chi connectivity index (χ4n) is 3.83. The van der Waals surface area contributed by atoms with Crippen LogP contribution in [0.3, 0.4) is 0 Å². The van der Waals surface area contributed by atoms with E-state index in [2.05, 4.69) is 15.6 Å². The molecule has 0 aliphatic heterocycles. The van der Waals surface area contributed by atoms with Crippen molar-refractivity contribution in [1.82, 2.24) is 10.3 Å². The molecule has 0 radical (unpaired) electrons. The molecular weight excluding hydrogens is 463 g/mol. The van der Waals surface area contributed by atoms with Gasteiger partial charge in [-0.25, -0.2) is 4.98 Å². The molecule has 1 aromatic heterocycles. The zero-order chi connectivity index (χ0) is 24.3. The summed E-state index contributed by atoms with van der Waals surface area (Å²) >= 11 is 1.34. The number of halogens is 3. The van der Waals surface area contributed by atoms with Crippen molar-refractivity contribution >= 4 is 28.3 Å². The number of rotatable bonds is 8. The van der Waals surface area contributed by atoms with Gasteiger partial charge in [0.2, 0.25) is 11.8 Å². The number of thiazole rings is 1. The van der Waals surface area contributed by atoms with Crippen LogP contribution in [0.25, 0.3) is 11.3 Å². The molecule has 178 valence electrons. The van der Waals surface area contributed by atoms with Gasteiger partial charge in [0.25, 0.3) is 0 Å². The van der Waals surface area contributed by atoms with Gasteiger partial charge in [-0.15, -0.1) is 11.3 Å². The lowest BCUT2D eigenvalue weighted by Crippen LogP contribution is -2.21. The maximum atomic E-state index is 12.7. The predicted octanol–water partition coefficient (Wildman–Crippen LogP) is 5.64. The van der Waals surface area contributed by atoms with Crippen LogP contribution < -0.4 is 10.6 Å². The van der Waals surface area contributed by atoms with Crippen molar-refractivity contribution in [1.29, 1.82) is 0 Å². The van der Waals surface area contributed by atoms with Crippen LogP contribution in [0.15, 0.2) is 53.9 Å². The molecule has 1 saturated carbocycles. The number of carbonyl (C=O) groups excluding carboxylic acids is 2. The number of anilines is 1. The number of alkyl halides is 3. The maximum Gasteiger partial charge on any atom is 0.416 e. The summed E-state index contributed by atoms with van der Waals surface area (Å²) in [7, 11) is 0. The molecule has 1 fully saturated rings. The van der Waals surface area contributed by atoms with Crippen LogP contribution in [-0.4, -0.2) is 23.3 Å². The lowest BCUT2D eigenvalue weighted by Gasteiger charge is -2.07. The Balaban J connectivity index is 1.29. The molecule has 1 aliphatic rings. The van der Waals surface area contributed by atoms with E-state index in [0.29, 0.717) is 18.1 Å². The highest BCUT2D eigenvalue weighted by Crippen LogP contribution is 2.48. The van der Waals surface area contributed by atoms with Gasteiger partial charge < -0.3 is 10.6 Å². The quantitative estimate of drug-likeness (QED) is 0.404. The van der Waals surface area contributed by atoms with E-state index in [0.717, 1.165) is 41.8 Å². The first-order chi connectivity index (χ1) is 16.2. The summed E-state index contributed by atoms with van der Waals surface area (Å²) in [6.07, 6.45) is -2.03. The van der Waals surface area contributed by atoms with E-state index in [9.17, 15) is 22.8 Å². The number of hydrogen-bond donors (Lipinski definition) is 2. The standard InChI is InChI=1S/C25H24F3N3O2S/c1-15(32)29-12-2-3-16-4-6-18(7-5-16)22-14-34-24(30-22)31-23(33)21-13-20(21)17-8-10-19(11-9-17)25(26,27)28/h4-11,14,20-21H,2-3,12-13H2,1H3,(H,29,32)(H,30,31,33). The second-order valence-electron chi connectivity index (χ2n) is 8.38. The summed E-state index contributed by atoms with van der Waals surface area (Å²) in [5.41, 5.74) is 2.92. The molecule has 1 heterocycles. The van der Waals surface area contributed by atoms with Gasteiger partial charge in [0.15, 0.2) is 5.13 Å². The molecule has 0 spiro atoms. The minimum atomic E-state index is -4.37. The minimum absolute atomic E-state index is 0.0291. The molecule has 4 rings (SSSR count). The number of nitrogens with zero attached hydrogens (tertiary/aromatic N) is 1. The first kappa shape index (κ1) is 23.9. The first-order valence-electron chi connectivity index (χ1n) is 11.0. The SMILES string of the molecule is CC(=O)NCCCc1ccc(-c2csc(NC(=O)C3CC3c3ccc(C(F)(F)F)cc3)n2)cc1. The van der Waals surface area contributed by atoms with Crippen LogP contribution in [0.4, 0.5) is 18.3 Å². The Morgan fingerprint density at radius 1 is 1.09 bits per heavy atom. The van der Waals surface area contributed by atoms with Crippen LogP contribution in [0, 0.1) is 5.92 Å². The fourth-order valence-corrected chi connectivity index (χ4v) is 4.56. The molecule has 2 atom stereocenters. The topological polar surface area (TPSA) is 71.1 Å². The number of benzene rings is 2. The van der Waals surface area contributed by atoms with Gasteiger partial charge in [-0.1, -0.05) is 36.4 Å². The molecule has 1 aliphatic carbocycles. The van der Waals surface area contributed by atoms with E-state index in [4.69, 9.17) is 0 Å². The van der Waals surface area contributed by atoms with Gasteiger partial charge in [-0.05, 0) is 48.4 Å². The largest absolute Gasteiger partial charge is 0.416 e. The third-order valence-corrected chi connectivity index (χ3v) is 6.55. The smallest absolute Gasteiger partial charge is 0.356 e. The minimum Gasteiger partial charge on any atom is -0.356 e. The Labute approximate surface area is 199 Å². The summed E-state index contributed by atoms with van der Waals surface area (Å²) in [5.74, 6) is -0.528. The Bertz CT molecular complexity index is 1160. The van der Waals surface area contributed by atoms with Crippen LogP contribution in [0.5, 0.6) is 0 Å². The zero-order valence-electron chi connectivity index (χ0n) is 18.5. The van der Waals surface area contributed by atoms with Crippen molar-refractivity contribution < 1.29 is 22.8 Å². The number of aryl methyl sites for hydroxylation is 1. The number of aromatic nitrogens is 1. The van der Waals surface area contributed by atoms with Crippen LogP contribution >= 0.6 is 11.3 Å². The summed E-state index contributed by atoms with van der Waals surface area (Å²) in [6, 6.07) is 13.0. The second-order valence-corrected chi connectivity index (χ2v) is 9.24. The number of hydrogen-bond acceptors (Lipinski definition) is 4. The molecule has 2 unspecified atom stereocenters. The van der Waals surface area contributed by atoms with Gasteiger partial charge in [-0.3, -0.25) is 9.59 Å². The molecule has 0 saturated heterocycles. The van der Waals surface area contributed by atoms with Crippen LogP contribution in [0.2, 0.25) is 0 Å². The lowest BCUT2D eigenvalue weighted by atomic mass is 10.1. The maximum absolute atomic E-state index is 12.7. The van der Waals surface area contributed by atoms with Gasteiger partial charge in [-0.2, -0.15) is 13.2 Å². The van der Waals surface area contributed by atoms with Crippen molar-refractivity contribution in [2.24, 2.45) is 5.92 Å². The number of amides is 2. The van der Waals surface area contributed by atoms with Crippen molar-refractivity contribution in [2.75, 3.05) is 11.9 Å². The number of nitrogens with one attached hydrogen (secondary N) is 2. The summed E-state index contributed by atoms with van der Waals surface area (Å²) in [5, 5.41) is 7.99. The van der Waals surface area contributed by atoms with Crippen molar-refractivity contribution in [3.8, 4) is 11.3 Å². The molecule has 0 bridgehead atoms. The zero-order valence-corrected chi connectivity index (χ0v) is 19.3. The van der Waals surface area contributed by atoms with Gasteiger partial charge >= 0.3 is 6.18 Å². The highest BCUT2D eigenvalue weighted by atomic mass is 32.1. The Kier molecular flexibility index (Phi) is 7.02. The second kappa shape index (κ2) is 9.97. The third kappa shape index (κ3) is 6.02. The molecular formula is C25H24F3N3O2S. The van der Waals surface area contributed by atoms with E-state index in [-0.39, 0.29) is 23.7 Å². The van der Waals surface area contributed by atoms with E-state index in [1.807, 2.05) is 29.6 Å². The van der Waals surface area contributed by atoms with E-state index in [1.54, 1.807) is 0 Å². The fraction of sp³-hybridized carbons (Fsp3) is 0.320. The molecule has 2 amide bonds. The van der Waals surface area contributed by atoms with Crippen molar-refractivity contribution in [3.05, 3.63) is 70.6 Å². The molecule has 5 nitrogen and oxygen atoms in total. The normalized spacial score (nSPS) is 17.3. The third-order valence-electron chi connectivity index (χ3n) is 5.79. The Morgan fingerprint density at radius 2 is 1.79 bits per heavy atom. The molecule has 34 heavy (non-hydrogen) atoms. The Morgan fingerprint density at radius 3 is 2.44 bits per heavy atom.